The Morgan fingerprint density at radius 3 is 2.62 bits per heavy atom. The van der Waals surface area contributed by atoms with Crippen LogP contribution in [0.2, 0.25) is 0 Å². The molecule has 7 heteroatoms. The summed E-state index contributed by atoms with van der Waals surface area (Å²) in [6, 6.07) is 5.17. The van der Waals surface area contributed by atoms with Crippen LogP contribution in [0.4, 0.5) is 0 Å². The van der Waals surface area contributed by atoms with E-state index in [1.807, 2.05) is 13.0 Å². The van der Waals surface area contributed by atoms with Crippen LogP contribution in [0.15, 0.2) is 23.1 Å². The maximum Gasteiger partial charge on any atom is 0.244 e. The van der Waals surface area contributed by atoms with Crippen molar-refractivity contribution in [2.45, 2.75) is 24.8 Å². The van der Waals surface area contributed by atoms with Crippen LogP contribution in [0.25, 0.3) is 0 Å². The van der Waals surface area contributed by atoms with Crippen molar-refractivity contribution in [1.82, 2.24) is 10.0 Å². The first kappa shape index (κ1) is 17.9. The first-order valence-electron chi connectivity index (χ1n) is 6.91. The van der Waals surface area contributed by atoms with Gasteiger partial charge in [-0.15, -0.1) is 0 Å². The topological polar surface area (TPSA) is 76.7 Å². The molecule has 0 heterocycles. The highest BCUT2D eigenvalue weighted by molar-refractivity contribution is 7.89. The Hall–Kier alpha value is -1.15. The average molecular weight is 316 g/mol. The summed E-state index contributed by atoms with van der Waals surface area (Å²) in [5.41, 5.74) is 0.898. The smallest absolute Gasteiger partial charge is 0.244 e. The van der Waals surface area contributed by atoms with E-state index < -0.39 is 10.0 Å². The first-order chi connectivity index (χ1) is 10.0. The van der Waals surface area contributed by atoms with Crippen LogP contribution < -0.4 is 14.8 Å². The molecule has 0 saturated carbocycles. The quantitative estimate of drug-likeness (QED) is 0.633. The summed E-state index contributed by atoms with van der Waals surface area (Å²) in [6.07, 6.45) is 0.620. The van der Waals surface area contributed by atoms with Gasteiger partial charge in [0.15, 0.2) is 0 Å². The molecule has 0 aliphatic rings. The Kier molecular flexibility index (Phi) is 7.66. The normalized spacial score (nSPS) is 11.6. The minimum atomic E-state index is -3.59. The van der Waals surface area contributed by atoms with E-state index in [0.29, 0.717) is 31.9 Å². The largest absolute Gasteiger partial charge is 0.495 e. The molecule has 2 N–H and O–H groups in total. The summed E-state index contributed by atoms with van der Waals surface area (Å²) >= 11 is 0. The predicted octanol–water partition coefficient (Wildman–Crippen LogP) is 1.12. The van der Waals surface area contributed by atoms with Gasteiger partial charge in [-0.2, -0.15) is 0 Å². The predicted molar refractivity (Wildman–Crippen MR) is 82.1 cm³/mol. The van der Waals surface area contributed by atoms with Gasteiger partial charge in [0.1, 0.15) is 10.6 Å². The lowest BCUT2D eigenvalue weighted by atomic mass is 10.2. The minimum Gasteiger partial charge on any atom is -0.495 e. The second-order valence-corrected chi connectivity index (χ2v) is 6.25. The molecule has 0 radical (unpaired) electrons. The second kappa shape index (κ2) is 8.99. The Morgan fingerprint density at radius 2 is 2.00 bits per heavy atom. The van der Waals surface area contributed by atoms with E-state index in [1.54, 1.807) is 19.2 Å². The van der Waals surface area contributed by atoms with Crippen molar-refractivity contribution < 1.29 is 17.9 Å². The van der Waals surface area contributed by atoms with Gasteiger partial charge in [0.05, 0.1) is 7.11 Å². The van der Waals surface area contributed by atoms with Crippen molar-refractivity contribution in [2.24, 2.45) is 0 Å². The molecule has 0 amide bonds. The van der Waals surface area contributed by atoms with E-state index in [4.69, 9.17) is 9.47 Å². The highest BCUT2D eigenvalue weighted by Gasteiger charge is 2.19. The van der Waals surface area contributed by atoms with E-state index in [2.05, 4.69) is 10.0 Å². The first-order valence-corrected chi connectivity index (χ1v) is 8.39. The third-order valence-corrected chi connectivity index (χ3v) is 4.40. The molecule has 0 spiro atoms. The number of methoxy groups -OCH3 is 2. The van der Waals surface area contributed by atoms with Crippen molar-refractivity contribution in [3.8, 4) is 5.75 Å². The molecule has 120 valence electrons. The molecule has 1 aromatic carbocycles. The minimum absolute atomic E-state index is 0.165. The monoisotopic (exact) mass is 316 g/mol. The number of sulfonamides is 1. The molecule has 0 saturated heterocycles. The molecule has 0 bridgehead atoms. The fourth-order valence-electron chi connectivity index (χ4n) is 1.81. The lowest BCUT2D eigenvalue weighted by Crippen LogP contribution is -2.26. The van der Waals surface area contributed by atoms with Crippen molar-refractivity contribution in [3.63, 3.8) is 0 Å². The van der Waals surface area contributed by atoms with Gasteiger partial charge >= 0.3 is 0 Å². The van der Waals surface area contributed by atoms with Crippen LogP contribution in [0.3, 0.4) is 0 Å². The van der Waals surface area contributed by atoms with Crippen LogP contribution in [0, 0.1) is 0 Å². The van der Waals surface area contributed by atoms with Gasteiger partial charge in [-0.3, -0.25) is 0 Å². The fourth-order valence-corrected chi connectivity index (χ4v) is 3.10. The van der Waals surface area contributed by atoms with Crippen LogP contribution in [0.1, 0.15) is 18.9 Å². The summed E-state index contributed by atoms with van der Waals surface area (Å²) in [7, 11) is -0.543. The molecule has 21 heavy (non-hydrogen) atoms. The Morgan fingerprint density at radius 1 is 1.24 bits per heavy atom. The number of hydrogen-bond acceptors (Lipinski definition) is 5. The van der Waals surface area contributed by atoms with Crippen molar-refractivity contribution in [2.75, 3.05) is 33.9 Å². The van der Waals surface area contributed by atoms with Gasteiger partial charge in [0.25, 0.3) is 0 Å². The van der Waals surface area contributed by atoms with Gasteiger partial charge in [0.2, 0.25) is 10.0 Å². The zero-order valence-electron chi connectivity index (χ0n) is 12.8. The van der Waals surface area contributed by atoms with E-state index in [0.717, 1.165) is 12.1 Å². The number of ether oxygens (including phenoxy) is 2. The molecule has 0 fully saturated rings. The van der Waals surface area contributed by atoms with Crippen LogP contribution >= 0.6 is 0 Å². The Labute approximate surface area is 126 Å². The summed E-state index contributed by atoms with van der Waals surface area (Å²) < 4.78 is 37.3. The molecular weight excluding hydrogens is 292 g/mol. The number of rotatable bonds is 10. The molecular formula is C14H24N2O4S. The van der Waals surface area contributed by atoms with Gasteiger partial charge in [0, 0.05) is 26.8 Å². The molecule has 6 nitrogen and oxygen atoms in total. The summed E-state index contributed by atoms with van der Waals surface area (Å²) in [5.74, 6) is 0.342. The van der Waals surface area contributed by atoms with Crippen LogP contribution in [0.5, 0.6) is 5.75 Å². The zero-order chi connectivity index (χ0) is 15.7. The van der Waals surface area contributed by atoms with Crippen molar-refractivity contribution in [3.05, 3.63) is 23.8 Å². The highest BCUT2D eigenvalue weighted by Crippen LogP contribution is 2.24. The highest BCUT2D eigenvalue weighted by atomic mass is 32.2. The molecule has 0 aliphatic heterocycles. The summed E-state index contributed by atoms with van der Waals surface area (Å²) in [6.45, 7) is 4.28. The van der Waals surface area contributed by atoms with Gasteiger partial charge in [-0.05, 0) is 30.7 Å². The molecule has 1 rings (SSSR count). The van der Waals surface area contributed by atoms with Crippen LogP contribution in [-0.2, 0) is 21.3 Å². The lowest BCUT2D eigenvalue weighted by molar-refractivity contribution is 0.196. The van der Waals surface area contributed by atoms with Crippen LogP contribution in [-0.4, -0.2) is 42.3 Å². The van der Waals surface area contributed by atoms with Gasteiger partial charge in [-0.1, -0.05) is 13.0 Å². The number of nitrogens with one attached hydrogen (secondary N) is 2. The maximum atomic E-state index is 12.3. The second-order valence-electron chi connectivity index (χ2n) is 4.51. The molecule has 1 aromatic rings. The third kappa shape index (κ3) is 5.62. The standard InChI is InChI=1S/C14H24N2O4S/c1-4-15-11-12-6-7-13(20-3)14(10-12)21(17,18)16-8-5-9-19-2/h6-7,10,15-16H,4-5,8-9,11H2,1-3H3. The Bertz CT molecular complexity index is 532. The van der Waals surface area contributed by atoms with E-state index in [1.165, 1.54) is 7.11 Å². The van der Waals surface area contributed by atoms with Crippen molar-refractivity contribution >= 4 is 10.0 Å². The number of hydrogen-bond donors (Lipinski definition) is 2. The van der Waals surface area contributed by atoms with Gasteiger partial charge < -0.3 is 14.8 Å². The average Bonchev–Trinajstić information content (AvgIpc) is 2.49. The van der Waals surface area contributed by atoms with E-state index in [9.17, 15) is 8.42 Å². The zero-order valence-corrected chi connectivity index (χ0v) is 13.6. The molecule has 0 aromatic heterocycles. The molecule has 0 aliphatic carbocycles. The molecule has 0 unspecified atom stereocenters. The van der Waals surface area contributed by atoms with Gasteiger partial charge in [-0.25, -0.2) is 13.1 Å². The van der Waals surface area contributed by atoms with Crippen molar-refractivity contribution in [1.29, 1.82) is 0 Å². The lowest BCUT2D eigenvalue weighted by Gasteiger charge is -2.12. The fraction of sp³-hybridized carbons (Fsp3) is 0.571. The Balaban J connectivity index is 2.90. The maximum absolute atomic E-state index is 12.3. The van der Waals surface area contributed by atoms with E-state index >= 15 is 0 Å². The molecule has 0 atom stereocenters. The third-order valence-electron chi connectivity index (χ3n) is 2.91. The summed E-state index contributed by atoms with van der Waals surface area (Å²) in [4.78, 5) is 0.165. The SMILES string of the molecule is CCNCc1ccc(OC)c(S(=O)(=O)NCCCOC)c1. The summed E-state index contributed by atoms with van der Waals surface area (Å²) in [5, 5.41) is 3.17. The van der Waals surface area contributed by atoms with E-state index in [-0.39, 0.29) is 4.90 Å². The number of benzene rings is 1.